The molecule has 0 spiro atoms. The monoisotopic (exact) mass is 495 g/mol. The van der Waals surface area contributed by atoms with E-state index in [1.165, 1.54) is 25.4 Å². The van der Waals surface area contributed by atoms with Gasteiger partial charge in [-0.2, -0.15) is 18.2 Å². The van der Waals surface area contributed by atoms with Crippen LogP contribution in [0.5, 0.6) is 0 Å². The van der Waals surface area contributed by atoms with Crippen LogP contribution >= 0.6 is 0 Å². The zero-order chi connectivity index (χ0) is 25.1. The fourth-order valence-corrected chi connectivity index (χ4v) is 3.51. The van der Waals surface area contributed by atoms with Crippen LogP contribution in [0.3, 0.4) is 0 Å². The van der Waals surface area contributed by atoms with Gasteiger partial charge in [0.2, 0.25) is 16.0 Å². The van der Waals surface area contributed by atoms with Gasteiger partial charge < -0.3 is 16.4 Å². The second-order valence-electron chi connectivity index (χ2n) is 7.54. The van der Waals surface area contributed by atoms with Crippen LogP contribution < -0.4 is 20.7 Å². The SMILES string of the molecule is C[C@H](N)c1ccc(Nc2ncc(C(F)(F)F)c(NCc3ncccc3N(C)S(C)(=O)=O)n2)cc1. The fourth-order valence-electron chi connectivity index (χ4n) is 2.98. The fraction of sp³-hybridized carbons (Fsp3) is 0.286. The molecule has 0 saturated heterocycles. The summed E-state index contributed by atoms with van der Waals surface area (Å²) in [6.07, 6.45) is -1.60. The minimum Gasteiger partial charge on any atom is -0.364 e. The lowest BCUT2D eigenvalue weighted by Crippen LogP contribution is -2.26. The highest BCUT2D eigenvalue weighted by Crippen LogP contribution is 2.34. The van der Waals surface area contributed by atoms with E-state index in [1.54, 1.807) is 24.3 Å². The van der Waals surface area contributed by atoms with Crippen LogP contribution in [-0.4, -0.2) is 36.7 Å². The van der Waals surface area contributed by atoms with Gasteiger partial charge in [0.25, 0.3) is 0 Å². The Morgan fingerprint density at radius 2 is 1.82 bits per heavy atom. The van der Waals surface area contributed by atoms with Gasteiger partial charge in [-0.1, -0.05) is 12.1 Å². The topological polar surface area (TPSA) is 126 Å². The first-order valence-corrected chi connectivity index (χ1v) is 11.9. The van der Waals surface area contributed by atoms with Crippen LogP contribution in [0.4, 0.5) is 36.3 Å². The van der Waals surface area contributed by atoms with Crippen LogP contribution in [0, 0.1) is 0 Å². The number of hydrogen-bond acceptors (Lipinski definition) is 8. The van der Waals surface area contributed by atoms with E-state index in [0.717, 1.165) is 16.1 Å². The van der Waals surface area contributed by atoms with Crippen molar-refractivity contribution in [3.63, 3.8) is 0 Å². The second-order valence-corrected chi connectivity index (χ2v) is 9.56. The van der Waals surface area contributed by atoms with Crippen molar-refractivity contribution in [1.82, 2.24) is 15.0 Å². The van der Waals surface area contributed by atoms with Crippen molar-refractivity contribution in [2.75, 3.05) is 28.2 Å². The Bertz CT molecular complexity index is 1250. The predicted octanol–water partition coefficient (Wildman–Crippen LogP) is 3.66. The molecule has 0 aliphatic carbocycles. The minimum absolute atomic E-state index is 0.0569. The Balaban J connectivity index is 1.89. The molecule has 2 aromatic heterocycles. The number of halogens is 3. The van der Waals surface area contributed by atoms with Crippen molar-refractivity contribution in [2.45, 2.75) is 25.7 Å². The van der Waals surface area contributed by atoms with Crippen molar-refractivity contribution < 1.29 is 21.6 Å². The molecule has 0 bridgehead atoms. The van der Waals surface area contributed by atoms with E-state index in [9.17, 15) is 21.6 Å². The number of rotatable bonds is 8. The summed E-state index contributed by atoms with van der Waals surface area (Å²) in [7, 11) is -2.27. The van der Waals surface area contributed by atoms with Gasteiger partial charge in [-0.3, -0.25) is 9.29 Å². The molecule has 0 aliphatic heterocycles. The summed E-state index contributed by atoms with van der Waals surface area (Å²) in [5.74, 6) is -0.533. The van der Waals surface area contributed by atoms with E-state index >= 15 is 0 Å². The molecular formula is C21H24F3N7O2S. The standard InChI is InChI=1S/C21H24F3N7O2S/c1-13(25)14-6-8-15(9-7-14)29-20-28-11-16(21(22,23)24)19(30-20)27-12-17-18(5-4-10-26-17)31(2)34(3,32)33/h4-11,13H,12,25H2,1-3H3,(H2,27,28,29,30)/t13-/m0/s1. The van der Waals surface area contributed by atoms with Crippen LogP contribution in [-0.2, 0) is 22.7 Å². The van der Waals surface area contributed by atoms with Crippen molar-refractivity contribution in [1.29, 1.82) is 0 Å². The zero-order valence-corrected chi connectivity index (χ0v) is 19.4. The van der Waals surface area contributed by atoms with E-state index < -0.39 is 27.6 Å². The van der Waals surface area contributed by atoms with Crippen molar-refractivity contribution in [2.24, 2.45) is 5.73 Å². The summed E-state index contributed by atoms with van der Waals surface area (Å²) in [5.41, 5.74) is 6.67. The summed E-state index contributed by atoms with van der Waals surface area (Å²) in [6.45, 7) is 1.62. The van der Waals surface area contributed by atoms with E-state index in [1.807, 2.05) is 6.92 Å². The molecule has 0 fully saturated rings. The number of aromatic nitrogens is 3. The average Bonchev–Trinajstić information content (AvgIpc) is 2.76. The third-order valence-electron chi connectivity index (χ3n) is 4.91. The largest absolute Gasteiger partial charge is 0.421 e. The summed E-state index contributed by atoms with van der Waals surface area (Å²) in [6, 6.07) is 9.89. The second kappa shape index (κ2) is 9.81. The molecule has 0 aliphatic rings. The Morgan fingerprint density at radius 1 is 1.15 bits per heavy atom. The summed E-state index contributed by atoms with van der Waals surface area (Å²) in [5, 5.41) is 5.48. The van der Waals surface area contributed by atoms with Gasteiger partial charge in [0.1, 0.15) is 11.4 Å². The zero-order valence-electron chi connectivity index (χ0n) is 18.6. The first kappa shape index (κ1) is 25.2. The van der Waals surface area contributed by atoms with Crippen LogP contribution in [0.2, 0.25) is 0 Å². The maximum atomic E-state index is 13.6. The van der Waals surface area contributed by atoms with E-state index in [2.05, 4.69) is 25.6 Å². The molecule has 0 amide bonds. The minimum atomic E-state index is -4.71. The quantitative estimate of drug-likeness (QED) is 0.432. The molecule has 2 heterocycles. The average molecular weight is 496 g/mol. The Morgan fingerprint density at radius 3 is 2.41 bits per heavy atom. The number of benzene rings is 1. The molecule has 182 valence electrons. The third kappa shape index (κ3) is 6.11. The number of nitrogens with two attached hydrogens (primary N) is 1. The number of anilines is 4. The first-order valence-electron chi connectivity index (χ1n) is 10.0. The van der Waals surface area contributed by atoms with Gasteiger partial charge >= 0.3 is 6.18 Å². The van der Waals surface area contributed by atoms with Gasteiger partial charge in [0.15, 0.2) is 0 Å². The number of pyridine rings is 1. The van der Waals surface area contributed by atoms with Gasteiger partial charge in [-0.25, -0.2) is 13.4 Å². The smallest absolute Gasteiger partial charge is 0.364 e. The lowest BCUT2D eigenvalue weighted by Gasteiger charge is -2.20. The molecule has 3 aromatic rings. The molecule has 0 unspecified atom stereocenters. The third-order valence-corrected chi connectivity index (χ3v) is 6.10. The van der Waals surface area contributed by atoms with Gasteiger partial charge in [0, 0.05) is 31.2 Å². The summed E-state index contributed by atoms with van der Waals surface area (Å²) in [4.78, 5) is 11.9. The van der Waals surface area contributed by atoms with Gasteiger partial charge in [-0.15, -0.1) is 0 Å². The number of hydrogen-bond donors (Lipinski definition) is 3. The van der Waals surface area contributed by atoms with Crippen LogP contribution in [0.15, 0.2) is 48.8 Å². The molecule has 3 rings (SSSR count). The van der Waals surface area contributed by atoms with Crippen molar-refractivity contribution in [3.05, 3.63) is 65.6 Å². The van der Waals surface area contributed by atoms with Crippen LogP contribution in [0.1, 0.15) is 29.8 Å². The van der Waals surface area contributed by atoms with E-state index in [0.29, 0.717) is 11.9 Å². The van der Waals surface area contributed by atoms with Gasteiger partial charge in [-0.05, 0) is 36.8 Å². The predicted molar refractivity (Wildman–Crippen MR) is 124 cm³/mol. The molecule has 0 saturated carbocycles. The lowest BCUT2D eigenvalue weighted by atomic mass is 10.1. The molecule has 4 N–H and O–H groups in total. The number of nitrogens with one attached hydrogen (secondary N) is 2. The molecule has 1 atom stereocenters. The molecule has 34 heavy (non-hydrogen) atoms. The lowest BCUT2D eigenvalue weighted by molar-refractivity contribution is -0.137. The molecule has 13 heteroatoms. The number of nitrogens with zero attached hydrogens (tertiary/aromatic N) is 4. The summed E-state index contributed by atoms with van der Waals surface area (Å²) >= 11 is 0. The number of sulfonamides is 1. The van der Waals surface area contributed by atoms with Crippen LogP contribution in [0.25, 0.3) is 0 Å². The molecule has 0 radical (unpaired) electrons. The maximum absolute atomic E-state index is 13.6. The van der Waals surface area contributed by atoms with Crippen molar-refractivity contribution >= 4 is 33.2 Å². The van der Waals surface area contributed by atoms with E-state index in [4.69, 9.17) is 5.73 Å². The highest BCUT2D eigenvalue weighted by atomic mass is 32.2. The van der Waals surface area contributed by atoms with E-state index in [-0.39, 0.29) is 29.9 Å². The molecule has 1 aromatic carbocycles. The van der Waals surface area contributed by atoms with Gasteiger partial charge in [0.05, 0.1) is 24.2 Å². The first-order chi connectivity index (χ1) is 15.9. The Kier molecular flexibility index (Phi) is 7.26. The maximum Gasteiger partial charge on any atom is 0.421 e. The molecular weight excluding hydrogens is 471 g/mol. The van der Waals surface area contributed by atoms with Crippen molar-refractivity contribution in [3.8, 4) is 0 Å². The molecule has 9 nitrogen and oxygen atoms in total. The highest BCUT2D eigenvalue weighted by molar-refractivity contribution is 7.92. The number of alkyl halides is 3. The Hall–Kier alpha value is -3.45. The normalized spacial score (nSPS) is 12.8. The highest BCUT2D eigenvalue weighted by Gasteiger charge is 2.35. The summed E-state index contributed by atoms with van der Waals surface area (Å²) < 4.78 is 65.5. The Labute approximate surface area is 195 Å².